The number of hydrogen-bond donors (Lipinski definition) is 0. The molecule has 0 spiro atoms. The number of benzene rings is 2. The van der Waals surface area contributed by atoms with Crippen LogP contribution in [-0.2, 0) is 0 Å². The normalized spacial score (nSPS) is 15.7. The van der Waals surface area contributed by atoms with Gasteiger partial charge in [-0.2, -0.15) is 4.57 Å². The Kier molecular flexibility index (Phi) is 4.32. The van der Waals surface area contributed by atoms with Crippen LogP contribution < -0.4 is 4.57 Å². The summed E-state index contributed by atoms with van der Waals surface area (Å²) in [6, 6.07) is 8.71. The Bertz CT molecular complexity index is 1050. The van der Waals surface area contributed by atoms with Crippen molar-refractivity contribution >= 4 is 33.2 Å². The quantitative estimate of drug-likeness (QED) is 0.497. The van der Waals surface area contributed by atoms with Crippen molar-refractivity contribution in [3.63, 3.8) is 0 Å². The summed E-state index contributed by atoms with van der Waals surface area (Å²) in [4.78, 5) is 9.00. The van der Waals surface area contributed by atoms with Crippen LogP contribution in [0.25, 0.3) is 5.69 Å². The number of aromatic nitrogens is 2. The van der Waals surface area contributed by atoms with E-state index in [1.165, 1.54) is 18.2 Å². The number of halogens is 4. The van der Waals surface area contributed by atoms with E-state index < -0.39 is 17.7 Å². The SMILES string of the molecule is C[C@@H]1N=C(c2c(F)cccc2F)c2c(ccc(Br)c2Cl)-[n+]2cccnc21. The fourth-order valence-corrected chi connectivity index (χ4v) is 3.67. The molecular weight excluding hydrogens is 424 g/mol. The topological polar surface area (TPSA) is 29.1 Å². The Morgan fingerprint density at radius 3 is 2.54 bits per heavy atom. The summed E-state index contributed by atoms with van der Waals surface area (Å²) in [5.74, 6) is -0.734. The second kappa shape index (κ2) is 6.52. The lowest BCUT2D eigenvalue weighted by atomic mass is 9.99. The van der Waals surface area contributed by atoms with Gasteiger partial charge in [-0.25, -0.2) is 8.78 Å². The highest BCUT2D eigenvalue weighted by molar-refractivity contribution is 9.10. The zero-order chi connectivity index (χ0) is 18.4. The molecule has 130 valence electrons. The molecule has 2 heterocycles. The van der Waals surface area contributed by atoms with Crippen molar-refractivity contribution in [2.45, 2.75) is 13.0 Å². The minimum absolute atomic E-state index is 0.167. The molecule has 1 aliphatic rings. The average Bonchev–Trinajstić information content (AvgIpc) is 2.74. The molecule has 26 heavy (non-hydrogen) atoms. The lowest BCUT2D eigenvalue weighted by Gasteiger charge is -2.13. The van der Waals surface area contributed by atoms with E-state index in [2.05, 4.69) is 25.9 Å². The number of nitrogens with zero attached hydrogens (tertiary/aromatic N) is 3. The second-order valence-corrected chi connectivity index (χ2v) is 7.09. The van der Waals surface area contributed by atoms with Crippen LogP contribution in [0, 0.1) is 11.6 Å². The molecule has 0 unspecified atom stereocenters. The first-order valence-corrected chi connectivity index (χ1v) is 9.03. The van der Waals surface area contributed by atoms with E-state index in [1.807, 2.05) is 23.8 Å². The van der Waals surface area contributed by atoms with Gasteiger partial charge in [-0.1, -0.05) is 22.7 Å². The van der Waals surface area contributed by atoms with Crippen molar-refractivity contribution in [3.8, 4) is 5.69 Å². The minimum atomic E-state index is -0.693. The summed E-state index contributed by atoms with van der Waals surface area (Å²) in [5.41, 5.74) is 1.08. The number of fused-ring (bicyclic) bond motifs is 3. The van der Waals surface area contributed by atoms with Crippen molar-refractivity contribution in [1.29, 1.82) is 0 Å². The van der Waals surface area contributed by atoms with Gasteiger partial charge in [-0.05, 0) is 47.1 Å². The summed E-state index contributed by atoms with van der Waals surface area (Å²) in [6.45, 7) is 1.83. The number of hydrogen-bond acceptors (Lipinski definition) is 2. The molecule has 4 rings (SSSR count). The molecule has 7 heteroatoms. The highest BCUT2D eigenvalue weighted by atomic mass is 79.9. The van der Waals surface area contributed by atoms with Gasteiger partial charge in [0.25, 0.3) is 0 Å². The third-order valence-corrected chi connectivity index (χ3v) is 5.52. The van der Waals surface area contributed by atoms with E-state index in [-0.39, 0.29) is 11.3 Å². The molecule has 0 saturated carbocycles. The molecule has 3 aromatic rings. The molecule has 1 atom stereocenters. The van der Waals surface area contributed by atoms with Gasteiger partial charge in [0.05, 0.1) is 21.9 Å². The maximum Gasteiger partial charge on any atom is 0.327 e. The standard InChI is InChI=1S/C19H12BrClF2N3/c1-10-19-24-8-3-9-26(19)14-7-6-11(20)17(21)16(14)18(25-10)15-12(22)4-2-5-13(15)23/h2-10H,1H3/q+1/t10-/m0/s1. The van der Waals surface area contributed by atoms with Crippen molar-refractivity contribution in [3.05, 3.63) is 86.9 Å². The van der Waals surface area contributed by atoms with Gasteiger partial charge < -0.3 is 0 Å². The van der Waals surface area contributed by atoms with Gasteiger partial charge in [0.2, 0.25) is 0 Å². The maximum absolute atomic E-state index is 14.6. The zero-order valence-corrected chi connectivity index (χ0v) is 15.9. The zero-order valence-electron chi connectivity index (χ0n) is 13.5. The van der Waals surface area contributed by atoms with Crippen molar-refractivity contribution in [2.24, 2.45) is 4.99 Å². The molecule has 0 N–H and O–H groups in total. The van der Waals surface area contributed by atoms with E-state index in [0.29, 0.717) is 26.6 Å². The summed E-state index contributed by atoms with van der Waals surface area (Å²) in [5, 5.41) is 0.334. The van der Waals surface area contributed by atoms with Gasteiger partial charge in [-0.3, -0.25) is 4.99 Å². The first-order valence-electron chi connectivity index (χ1n) is 7.86. The van der Waals surface area contributed by atoms with Crippen molar-refractivity contribution in [1.82, 2.24) is 4.98 Å². The third-order valence-electron chi connectivity index (χ3n) is 4.24. The molecule has 1 aromatic heterocycles. The van der Waals surface area contributed by atoms with Crippen LogP contribution in [0.1, 0.15) is 29.9 Å². The summed E-state index contributed by atoms with van der Waals surface area (Å²) in [6.07, 6.45) is 3.49. The number of aliphatic imine (C=N–C) groups is 1. The Labute approximate surface area is 162 Å². The van der Waals surface area contributed by atoms with Crippen molar-refractivity contribution < 1.29 is 13.3 Å². The van der Waals surface area contributed by atoms with Gasteiger partial charge in [0.1, 0.15) is 29.7 Å². The van der Waals surface area contributed by atoms with Crippen LogP contribution in [0.2, 0.25) is 5.02 Å². The Balaban J connectivity index is 2.14. The van der Waals surface area contributed by atoms with Gasteiger partial charge in [-0.15, -0.1) is 0 Å². The van der Waals surface area contributed by atoms with Crippen LogP contribution in [0.3, 0.4) is 0 Å². The van der Waals surface area contributed by atoms with E-state index in [4.69, 9.17) is 11.6 Å². The van der Waals surface area contributed by atoms with E-state index >= 15 is 0 Å². The molecule has 3 nitrogen and oxygen atoms in total. The minimum Gasteiger partial charge on any atom is -0.268 e. The van der Waals surface area contributed by atoms with E-state index in [0.717, 1.165) is 0 Å². The van der Waals surface area contributed by atoms with Crippen LogP contribution in [0.15, 0.2) is 58.3 Å². The predicted molar refractivity (Wildman–Crippen MR) is 98.9 cm³/mol. The summed E-state index contributed by atoms with van der Waals surface area (Å²) in [7, 11) is 0. The molecule has 0 fully saturated rings. The monoisotopic (exact) mass is 434 g/mol. The van der Waals surface area contributed by atoms with Gasteiger partial charge >= 0.3 is 5.82 Å². The Morgan fingerprint density at radius 1 is 1.08 bits per heavy atom. The summed E-state index contributed by atoms with van der Waals surface area (Å²) >= 11 is 9.93. The van der Waals surface area contributed by atoms with Crippen LogP contribution in [0.5, 0.6) is 0 Å². The predicted octanol–water partition coefficient (Wildman–Crippen LogP) is 4.96. The number of rotatable bonds is 1. The van der Waals surface area contributed by atoms with Gasteiger partial charge in [0, 0.05) is 10.5 Å². The molecule has 0 amide bonds. The van der Waals surface area contributed by atoms with Crippen LogP contribution in [0.4, 0.5) is 8.78 Å². The smallest absolute Gasteiger partial charge is 0.268 e. The molecule has 2 aromatic carbocycles. The Hall–Kier alpha value is -2.18. The third kappa shape index (κ3) is 2.64. The van der Waals surface area contributed by atoms with E-state index in [1.54, 1.807) is 18.3 Å². The highest BCUT2D eigenvalue weighted by Gasteiger charge is 2.33. The van der Waals surface area contributed by atoms with E-state index in [9.17, 15) is 8.78 Å². The fraction of sp³-hybridized carbons (Fsp3) is 0.105. The molecule has 0 saturated heterocycles. The maximum atomic E-state index is 14.6. The highest BCUT2D eigenvalue weighted by Crippen LogP contribution is 2.35. The fourth-order valence-electron chi connectivity index (χ4n) is 3.09. The average molecular weight is 436 g/mol. The second-order valence-electron chi connectivity index (χ2n) is 5.85. The molecule has 0 bridgehead atoms. The largest absolute Gasteiger partial charge is 0.327 e. The lowest BCUT2D eigenvalue weighted by Crippen LogP contribution is -2.37. The Morgan fingerprint density at radius 2 is 1.81 bits per heavy atom. The van der Waals surface area contributed by atoms with Crippen LogP contribution in [-0.4, -0.2) is 10.7 Å². The molecule has 1 aliphatic heterocycles. The lowest BCUT2D eigenvalue weighted by molar-refractivity contribution is -0.609. The molecular formula is C19H12BrClF2N3+. The van der Waals surface area contributed by atoms with Crippen molar-refractivity contribution in [2.75, 3.05) is 0 Å². The van der Waals surface area contributed by atoms with Gasteiger partial charge in [0.15, 0.2) is 6.04 Å². The van der Waals surface area contributed by atoms with Crippen LogP contribution >= 0.6 is 27.5 Å². The molecule has 0 radical (unpaired) electrons. The first-order chi connectivity index (χ1) is 12.5. The molecule has 0 aliphatic carbocycles. The first kappa shape index (κ1) is 17.2. The summed E-state index contributed by atoms with van der Waals surface area (Å²) < 4.78 is 31.6.